The predicted octanol–water partition coefficient (Wildman–Crippen LogP) is 15.6. The van der Waals surface area contributed by atoms with Crippen molar-refractivity contribution in [3.63, 3.8) is 0 Å². The number of nitro groups is 3. The number of halogens is 6. The number of fused-ring (bicyclic) bond motifs is 12. The van der Waals surface area contributed by atoms with Crippen molar-refractivity contribution in [1.29, 1.82) is 0 Å². The van der Waals surface area contributed by atoms with Gasteiger partial charge >= 0.3 is 91.7 Å². The molecule has 722 valence electrons. The van der Waals surface area contributed by atoms with Crippen LogP contribution in [0.5, 0.6) is 11.5 Å². The van der Waals surface area contributed by atoms with E-state index in [1.165, 1.54) is 121 Å². The Kier molecular flexibility index (Phi) is 30.4. The Morgan fingerprint density at radius 1 is 0.416 bits per heavy atom. The number of nitrogens with zero attached hydrogens (tertiary/aromatic N) is 5. The lowest BCUT2D eigenvalue weighted by molar-refractivity contribution is -0.386. The number of amides is 3. The Bertz CT molecular complexity index is 6490. The molecular formula is C91H82F6N6O32S2. The number of alkyl halides is 6. The number of benzene rings is 9. The molecule has 2 spiro atoms. The SMILES string of the molecule is CC(C)(C)c1ccc2c(c1)C1(OC2=O)c2ccc(OS(=O)(=O)C(F)(F)F)cc2C(C)(C)c2cc(OS(=O)(=O)C(F)(F)F)ccc21.CNC(=O)OCc1cc(C(=O)OC)ccc1[N+](=O)[O-].COC(=O)c1ccc([N+](=O)[O-])c(COC(=O)N(C)c2ccc3c(c2)C(C)(C)c2cc(N(C)C(=O)OCc4cc(C(=O)OC)ccc4[N+](=O)[O-])ccc2C32OC(=O)c3ccc(C(C)(C)C)cc32)c1.O=C=O.O=C=O. The van der Waals surface area contributed by atoms with Crippen LogP contribution in [0.2, 0.25) is 0 Å². The van der Waals surface area contributed by atoms with E-state index in [1.807, 2.05) is 46.8 Å². The van der Waals surface area contributed by atoms with Crippen LogP contribution < -0.4 is 23.5 Å². The molecule has 2 aliphatic carbocycles. The van der Waals surface area contributed by atoms with Gasteiger partial charge in [0.15, 0.2) is 11.2 Å². The number of carbonyl (C=O) groups is 8. The molecule has 4 aliphatic rings. The first-order valence-electron chi connectivity index (χ1n) is 39.8. The van der Waals surface area contributed by atoms with Crippen molar-refractivity contribution in [3.8, 4) is 11.5 Å². The zero-order valence-electron chi connectivity index (χ0n) is 75.1. The van der Waals surface area contributed by atoms with Crippen molar-refractivity contribution in [2.75, 3.05) is 52.3 Å². The first-order chi connectivity index (χ1) is 63.7. The van der Waals surface area contributed by atoms with Gasteiger partial charge in [-0.15, -0.1) is 0 Å². The third-order valence-electron chi connectivity index (χ3n) is 22.3. The van der Waals surface area contributed by atoms with Crippen LogP contribution in [-0.4, -0.2) is 146 Å². The maximum atomic E-state index is 14.0. The van der Waals surface area contributed by atoms with E-state index in [0.717, 1.165) is 53.6 Å². The van der Waals surface area contributed by atoms with Crippen LogP contribution in [0.25, 0.3) is 0 Å². The highest BCUT2D eigenvalue weighted by atomic mass is 32.2. The summed E-state index contributed by atoms with van der Waals surface area (Å²) in [6.07, 6.45) is -1.98. The molecule has 2 heterocycles. The van der Waals surface area contributed by atoms with Crippen LogP contribution in [0.3, 0.4) is 0 Å². The molecule has 0 bridgehead atoms. The van der Waals surface area contributed by atoms with E-state index in [2.05, 4.69) is 39.2 Å². The lowest BCUT2D eigenvalue weighted by atomic mass is 9.61. The highest BCUT2D eigenvalue weighted by Crippen LogP contribution is 2.61. The van der Waals surface area contributed by atoms with Crippen LogP contribution in [-0.2, 0) is 130 Å². The van der Waals surface area contributed by atoms with Gasteiger partial charge in [0.05, 0.1) is 80.6 Å². The fraction of sp³-hybridized carbons (Fsp3) is 0.297. The van der Waals surface area contributed by atoms with Gasteiger partial charge in [0, 0.05) is 94.9 Å². The average molecular weight is 1950 g/mol. The summed E-state index contributed by atoms with van der Waals surface area (Å²) >= 11 is 0. The number of hydrogen-bond donors (Lipinski definition) is 1. The van der Waals surface area contributed by atoms with Crippen molar-refractivity contribution in [2.24, 2.45) is 0 Å². The Morgan fingerprint density at radius 2 is 0.701 bits per heavy atom. The maximum absolute atomic E-state index is 14.0. The Morgan fingerprint density at radius 3 is 0.971 bits per heavy atom. The summed E-state index contributed by atoms with van der Waals surface area (Å²) < 4.78 is 177. The molecule has 2 aliphatic heterocycles. The molecule has 0 saturated heterocycles. The van der Waals surface area contributed by atoms with Gasteiger partial charge in [0.1, 0.15) is 31.3 Å². The molecule has 13 rings (SSSR count). The van der Waals surface area contributed by atoms with E-state index >= 15 is 0 Å². The molecule has 1 N–H and O–H groups in total. The summed E-state index contributed by atoms with van der Waals surface area (Å²) in [5.74, 6) is -4.94. The molecule has 0 saturated carbocycles. The van der Waals surface area contributed by atoms with E-state index < -0.39 is 146 Å². The third-order valence-corrected chi connectivity index (χ3v) is 24.3. The van der Waals surface area contributed by atoms with Crippen LogP contribution in [0.15, 0.2) is 164 Å². The fourth-order valence-corrected chi connectivity index (χ4v) is 16.3. The van der Waals surface area contributed by atoms with Crippen molar-refractivity contribution in [1.82, 2.24) is 5.32 Å². The Labute approximate surface area is 774 Å². The highest BCUT2D eigenvalue weighted by molar-refractivity contribution is 7.88. The molecule has 137 heavy (non-hydrogen) atoms. The summed E-state index contributed by atoms with van der Waals surface area (Å²) in [5.41, 5.74) is -11.9. The summed E-state index contributed by atoms with van der Waals surface area (Å²) in [5, 5.41) is 36.7. The fourth-order valence-electron chi connectivity index (χ4n) is 15.4. The monoisotopic (exact) mass is 1950 g/mol. The first kappa shape index (κ1) is 105. The number of nitro benzene ring substituents is 3. The second-order valence-corrected chi connectivity index (χ2v) is 36.3. The van der Waals surface area contributed by atoms with Gasteiger partial charge in [0.25, 0.3) is 17.1 Å². The number of nitrogens with one attached hydrogen (secondary N) is 1. The quantitative estimate of drug-likeness (QED) is 0.0158. The third kappa shape index (κ3) is 21.1. The number of esters is 5. The summed E-state index contributed by atoms with van der Waals surface area (Å²) in [6, 6.07) is 38.2. The number of hydrogen-bond acceptors (Lipinski definition) is 32. The van der Waals surface area contributed by atoms with E-state index in [-0.39, 0.29) is 103 Å². The molecule has 0 radical (unpaired) electrons. The van der Waals surface area contributed by atoms with Gasteiger partial charge in [0.2, 0.25) is 0 Å². The van der Waals surface area contributed by atoms with Crippen LogP contribution in [0, 0.1) is 30.3 Å². The Balaban J connectivity index is 0.000000256. The maximum Gasteiger partial charge on any atom is 0.534 e. The minimum atomic E-state index is -6.10. The van der Waals surface area contributed by atoms with Crippen LogP contribution in [0.1, 0.15) is 204 Å². The second-order valence-electron chi connectivity index (χ2n) is 33.2. The molecule has 0 aromatic heterocycles. The van der Waals surface area contributed by atoms with Crippen LogP contribution in [0.4, 0.5) is 69.2 Å². The van der Waals surface area contributed by atoms with Crippen molar-refractivity contribution in [3.05, 3.63) is 305 Å². The van der Waals surface area contributed by atoms with Gasteiger partial charge in [-0.2, -0.15) is 62.4 Å². The van der Waals surface area contributed by atoms with Crippen molar-refractivity contribution < 1.29 is 162 Å². The highest BCUT2D eigenvalue weighted by Gasteiger charge is 2.59. The summed E-state index contributed by atoms with van der Waals surface area (Å²) in [4.78, 5) is 169. The van der Waals surface area contributed by atoms with Crippen LogP contribution >= 0.6 is 0 Å². The Hall–Kier alpha value is -15.8. The zero-order chi connectivity index (χ0) is 102. The number of anilines is 2. The van der Waals surface area contributed by atoms with E-state index in [1.54, 1.807) is 54.6 Å². The number of carbonyl (C=O) groups excluding carboxylic acids is 12. The lowest BCUT2D eigenvalue weighted by Crippen LogP contribution is -2.42. The van der Waals surface area contributed by atoms with Crippen molar-refractivity contribution in [2.45, 2.75) is 133 Å². The molecule has 0 atom stereocenters. The predicted molar refractivity (Wildman–Crippen MR) is 462 cm³/mol. The molecule has 0 fully saturated rings. The zero-order valence-corrected chi connectivity index (χ0v) is 76.7. The first-order valence-corrected chi connectivity index (χ1v) is 42.6. The largest absolute Gasteiger partial charge is 0.534 e. The van der Waals surface area contributed by atoms with E-state index in [4.69, 9.17) is 52.3 Å². The minimum absolute atomic E-state index is 0.0303. The molecule has 9 aromatic rings. The number of rotatable bonds is 18. The van der Waals surface area contributed by atoms with Crippen molar-refractivity contribution >= 4 is 109 Å². The van der Waals surface area contributed by atoms with E-state index in [0.29, 0.717) is 50.3 Å². The normalized spacial score (nSPS) is 13.9. The molecule has 9 aromatic carbocycles. The van der Waals surface area contributed by atoms with Gasteiger partial charge in [-0.1, -0.05) is 106 Å². The summed E-state index contributed by atoms with van der Waals surface area (Å²) in [6.45, 7) is 17.3. The summed E-state index contributed by atoms with van der Waals surface area (Å²) in [7, 11) is -4.38. The number of methoxy groups -OCH3 is 3. The van der Waals surface area contributed by atoms with Gasteiger partial charge < -0.3 is 51.6 Å². The number of ether oxygens (including phenoxy) is 8. The lowest BCUT2D eigenvalue weighted by Gasteiger charge is -2.45. The standard InChI is InChI=1S/C49H46N4O14.C29H24F6O8S2.C11H12N2O6.2CO2/c1-47(2,3)31-12-15-34-37(22-31)49(67-44(34)56)35-16-13-32(50(6)45(57)65-25-29-20-27(42(54)63-8)10-18-40(29)52(59)60)23-38(35)48(4,5)39-24-33(14-17-36(39)49)51(7)46(58)66-26-30-21-28(43(55)64-9)11-19-41(30)53(61)62;1-25(2,3)15-6-9-18-21(12-15)27(41-24(18)36)19-10-7-16(42-44(37,38)28(30,31)32)13-22(19)26(4,5)23-14-17(8-11-20(23)27)43-45(39,40)29(33,34)35;1-12-11(15)19-6-8-5-7(10(14)18-2)3-4-9(8)13(16)17;2*2-1-3/h10-24H,25-26H2,1-9H3;6-14H,1-5H3;3-5H,6H2,1-2H3,(H,12,15);;. The van der Waals surface area contributed by atoms with Gasteiger partial charge in [-0.25, -0.2) is 38.4 Å². The molecule has 0 unspecified atom stereocenters. The topological polar surface area (TPSA) is 513 Å². The molecular weight excluding hydrogens is 1870 g/mol. The second kappa shape index (κ2) is 39.8. The average Bonchev–Trinajstić information content (AvgIpc) is 1.60. The molecule has 3 amide bonds. The van der Waals surface area contributed by atoms with E-state index in [9.17, 15) is 112 Å². The molecule has 38 nitrogen and oxygen atoms in total. The smallest absolute Gasteiger partial charge is 0.465 e. The molecule has 46 heteroatoms. The number of alkyl carbamates (subject to hydrolysis) is 1. The van der Waals surface area contributed by atoms with Gasteiger partial charge in [-0.3, -0.25) is 40.1 Å². The minimum Gasteiger partial charge on any atom is -0.465 e. The van der Waals surface area contributed by atoms with Gasteiger partial charge in [-0.05, 0) is 153 Å².